The lowest BCUT2D eigenvalue weighted by molar-refractivity contribution is -0.299. The highest BCUT2D eigenvalue weighted by Gasteiger charge is 2.51. The van der Waals surface area contributed by atoms with E-state index in [1.165, 1.54) is 13.8 Å². The molecule has 7 unspecified atom stereocenters. The summed E-state index contributed by atoms with van der Waals surface area (Å²) in [6.45, 7) is 14.1. The lowest BCUT2D eigenvalue weighted by Crippen LogP contribution is -2.63. The minimum atomic E-state index is -1.89. The molecule has 0 spiro atoms. The van der Waals surface area contributed by atoms with Crippen LogP contribution in [-0.4, -0.2) is 147 Å². The molecular weight excluding hydrogens is 720 g/mol. The molecule has 2 aromatic carbocycles. The van der Waals surface area contributed by atoms with Crippen molar-refractivity contribution in [2.24, 2.45) is 11.8 Å². The number of aliphatic hydroxyl groups excluding tert-OH is 3. The van der Waals surface area contributed by atoms with E-state index < -0.39 is 77.9 Å². The molecule has 2 heterocycles. The predicted octanol–water partition coefficient (Wildman–Crippen LogP) is 3.46. The van der Waals surface area contributed by atoms with Gasteiger partial charge in [0.05, 0.1) is 29.8 Å². The average Bonchev–Trinajstić information content (AvgIpc) is 3.14. The number of nitrogens with zero attached hydrogens (tertiary/aromatic N) is 2. The van der Waals surface area contributed by atoms with E-state index in [1.807, 2.05) is 80.2 Å². The number of carbonyl (C=O) groups is 2. The first-order valence-corrected chi connectivity index (χ1v) is 20.2. The quantitative estimate of drug-likeness (QED) is 0.145. The lowest BCUT2D eigenvalue weighted by atomic mass is 9.78. The molecule has 0 radical (unpaired) electrons. The first kappa shape index (κ1) is 45.8. The Morgan fingerprint density at radius 1 is 1.00 bits per heavy atom. The topological polar surface area (TPSA) is 194 Å². The fraction of sp³-hybridized carbons (Fsp3) is 0.714. The second kappa shape index (κ2) is 19.2. The molecule has 4 rings (SSSR count). The Hall–Kier alpha value is -2.92. The summed E-state index contributed by atoms with van der Waals surface area (Å²) in [5.41, 5.74) is -2.91. The molecule has 0 bridgehead atoms. The fourth-order valence-electron chi connectivity index (χ4n) is 8.70. The Balaban J connectivity index is 1.60. The first-order chi connectivity index (χ1) is 26.2. The summed E-state index contributed by atoms with van der Waals surface area (Å²) in [5, 5.41) is 66.9. The van der Waals surface area contributed by atoms with Gasteiger partial charge in [-0.05, 0) is 104 Å². The van der Waals surface area contributed by atoms with Crippen LogP contribution in [0.5, 0.6) is 0 Å². The lowest BCUT2D eigenvalue weighted by Gasteiger charge is -2.49. The van der Waals surface area contributed by atoms with Gasteiger partial charge in [-0.15, -0.1) is 0 Å². The van der Waals surface area contributed by atoms with Gasteiger partial charge in [0.25, 0.3) is 0 Å². The molecule has 316 valence electrons. The molecule has 56 heavy (non-hydrogen) atoms. The van der Waals surface area contributed by atoms with Crippen LogP contribution in [0.15, 0.2) is 42.5 Å². The van der Waals surface area contributed by atoms with E-state index in [0.29, 0.717) is 25.1 Å². The zero-order chi connectivity index (χ0) is 41.7. The van der Waals surface area contributed by atoms with Crippen molar-refractivity contribution >= 4 is 28.5 Å². The largest absolute Gasteiger partial charge is 0.459 e. The van der Waals surface area contributed by atoms with Crippen LogP contribution in [0.25, 0.3) is 10.8 Å². The maximum atomic E-state index is 13.6. The monoisotopic (exact) mass is 788 g/mol. The number of anilines is 1. The first-order valence-electron chi connectivity index (χ1n) is 20.2. The number of hydrogen-bond acceptors (Lipinski definition) is 12. The van der Waals surface area contributed by atoms with Crippen LogP contribution in [0.4, 0.5) is 10.5 Å². The van der Waals surface area contributed by atoms with E-state index in [1.54, 1.807) is 27.7 Å². The molecule has 14 atom stereocenters. The minimum absolute atomic E-state index is 0.0648. The number of esters is 1. The highest BCUT2D eigenvalue weighted by Crippen LogP contribution is 2.37. The van der Waals surface area contributed by atoms with Gasteiger partial charge in [-0.2, -0.15) is 0 Å². The van der Waals surface area contributed by atoms with Gasteiger partial charge in [-0.1, -0.05) is 44.2 Å². The number of rotatable bonds is 9. The number of benzene rings is 2. The molecule has 0 aromatic heterocycles. The van der Waals surface area contributed by atoms with Crippen LogP contribution < -0.4 is 10.6 Å². The summed E-state index contributed by atoms with van der Waals surface area (Å²) in [4.78, 5) is 30.3. The zero-order valence-electron chi connectivity index (χ0n) is 34.9. The van der Waals surface area contributed by atoms with Gasteiger partial charge in [-0.3, -0.25) is 9.69 Å². The average molecular weight is 789 g/mol. The molecule has 2 aliphatic heterocycles. The molecule has 2 amide bonds. The molecule has 0 saturated carbocycles. The van der Waals surface area contributed by atoms with Crippen molar-refractivity contribution in [3.05, 3.63) is 42.5 Å². The number of urea groups is 1. The second-order valence-electron chi connectivity index (χ2n) is 17.0. The van der Waals surface area contributed by atoms with Gasteiger partial charge in [-0.25, -0.2) is 4.79 Å². The number of carbonyl (C=O) groups excluding carboxylic acids is 2. The number of ether oxygens (including phenoxy) is 3. The maximum absolute atomic E-state index is 13.6. The Labute approximate surface area is 332 Å². The van der Waals surface area contributed by atoms with Crippen LogP contribution >= 0.6 is 0 Å². The summed E-state index contributed by atoms with van der Waals surface area (Å²) >= 11 is 0. The van der Waals surface area contributed by atoms with Gasteiger partial charge in [0.15, 0.2) is 6.29 Å². The molecule has 7 N–H and O–H groups in total. The smallest absolute Gasteiger partial charge is 0.319 e. The summed E-state index contributed by atoms with van der Waals surface area (Å²) in [6, 6.07) is 11.7. The number of amides is 2. The second-order valence-corrected chi connectivity index (χ2v) is 17.0. The number of aliphatic hydroxyl groups is 5. The molecule has 2 aliphatic rings. The highest BCUT2D eigenvalue weighted by molar-refractivity contribution is 5.93. The standard InChI is InChI=1S/C42H68N4O10/c1-11-33-42(8,53)36(49)28(6)46(20-14-19-43-40(51)44-31-18-17-29-15-12-13-16-30(29)22-31)24(2)23-41(7,52)37(26(4)34(47)27(5)38(50)55-33)56-39-35(48)32(45(9)10)21-25(3)54-39/h12-13,15-18,22,24-28,32-37,39,47-49,52-53H,11,14,19-21,23H2,1-10H3,(H2,43,44,51)/t24?,25-,26?,27-,28-,32?,33?,34?,35?,36-,37+,39+,41-,42?/m1/s1. The summed E-state index contributed by atoms with van der Waals surface area (Å²) < 4.78 is 18.4. The Kier molecular flexibility index (Phi) is 15.7. The summed E-state index contributed by atoms with van der Waals surface area (Å²) in [6.07, 6.45) is -6.25. The van der Waals surface area contributed by atoms with E-state index in [0.717, 1.165) is 10.8 Å². The van der Waals surface area contributed by atoms with Gasteiger partial charge in [0, 0.05) is 42.8 Å². The van der Waals surface area contributed by atoms with Gasteiger partial charge in [0.2, 0.25) is 0 Å². The number of nitrogens with one attached hydrogen (secondary N) is 2. The predicted molar refractivity (Wildman–Crippen MR) is 215 cm³/mol. The fourth-order valence-corrected chi connectivity index (χ4v) is 8.70. The zero-order valence-corrected chi connectivity index (χ0v) is 34.9. The van der Waals surface area contributed by atoms with Crippen molar-refractivity contribution in [3.8, 4) is 0 Å². The number of hydrogen-bond donors (Lipinski definition) is 7. The van der Waals surface area contributed by atoms with Crippen molar-refractivity contribution in [2.75, 3.05) is 32.5 Å². The SMILES string of the molecule is CCC1OC(=O)[C@H](C)C(O)C(C)[C@H](O[C@@H]2O[C@H](C)CC(N(C)C)C2O)[C@](C)(O)CC(C)N(CCCNC(=O)Nc2ccc3ccccc3c2)[C@H](C)[C@@H](O)C1(C)O. The van der Waals surface area contributed by atoms with E-state index in [2.05, 4.69) is 10.6 Å². The Morgan fingerprint density at radius 2 is 1.66 bits per heavy atom. The molecule has 14 heteroatoms. The van der Waals surface area contributed by atoms with Crippen LogP contribution in [0.1, 0.15) is 81.1 Å². The summed E-state index contributed by atoms with van der Waals surface area (Å²) in [7, 11) is 3.72. The number of likely N-dealkylation sites (N-methyl/N-ethyl adjacent to an activating group) is 1. The van der Waals surface area contributed by atoms with Crippen molar-refractivity contribution in [1.29, 1.82) is 0 Å². The molecule has 2 fully saturated rings. The highest BCUT2D eigenvalue weighted by atomic mass is 16.7. The molecule has 2 saturated heterocycles. The Morgan fingerprint density at radius 3 is 2.30 bits per heavy atom. The van der Waals surface area contributed by atoms with E-state index in [9.17, 15) is 35.1 Å². The van der Waals surface area contributed by atoms with E-state index in [-0.39, 0.29) is 37.6 Å². The third kappa shape index (κ3) is 10.8. The van der Waals surface area contributed by atoms with Gasteiger partial charge >= 0.3 is 12.0 Å². The van der Waals surface area contributed by atoms with E-state index in [4.69, 9.17) is 14.2 Å². The molecule has 0 aliphatic carbocycles. The third-order valence-electron chi connectivity index (χ3n) is 12.1. The normalized spacial score (nSPS) is 38.2. The maximum Gasteiger partial charge on any atom is 0.319 e. The molecule has 2 aromatic rings. The van der Waals surface area contributed by atoms with Crippen LogP contribution in [0.2, 0.25) is 0 Å². The third-order valence-corrected chi connectivity index (χ3v) is 12.1. The van der Waals surface area contributed by atoms with Crippen molar-refractivity contribution in [1.82, 2.24) is 15.1 Å². The number of fused-ring (bicyclic) bond motifs is 1. The van der Waals surface area contributed by atoms with Crippen LogP contribution in [0.3, 0.4) is 0 Å². The van der Waals surface area contributed by atoms with Crippen molar-refractivity contribution in [3.63, 3.8) is 0 Å². The van der Waals surface area contributed by atoms with Gasteiger partial charge in [0.1, 0.15) is 23.9 Å². The molecule has 14 nitrogen and oxygen atoms in total. The minimum Gasteiger partial charge on any atom is -0.459 e. The van der Waals surface area contributed by atoms with Crippen molar-refractivity contribution in [2.45, 2.75) is 153 Å². The Bertz CT molecular complexity index is 1590. The molecular formula is C42H68N4O10. The van der Waals surface area contributed by atoms with Crippen LogP contribution in [0, 0.1) is 11.8 Å². The number of cyclic esters (lactones) is 1. The summed E-state index contributed by atoms with van der Waals surface area (Å²) in [5.74, 6) is -2.74. The van der Waals surface area contributed by atoms with Crippen LogP contribution in [-0.2, 0) is 19.0 Å². The van der Waals surface area contributed by atoms with Gasteiger partial charge < -0.3 is 55.3 Å². The van der Waals surface area contributed by atoms with Crippen molar-refractivity contribution < 1.29 is 49.3 Å². The van der Waals surface area contributed by atoms with E-state index >= 15 is 0 Å².